The Morgan fingerprint density at radius 3 is 1.93 bits per heavy atom. The number of hydrogen-bond acceptors (Lipinski definition) is 5. The van der Waals surface area contributed by atoms with Gasteiger partial charge in [0.05, 0.1) is 18.1 Å². The molecule has 0 aliphatic carbocycles. The van der Waals surface area contributed by atoms with Crippen LogP contribution in [0.15, 0.2) is 0 Å². The fourth-order valence-corrected chi connectivity index (χ4v) is 3.23. The van der Waals surface area contributed by atoms with Crippen LogP contribution >= 0.6 is 0 Å². The molecule has 0 saturated carbocycles. The first-order chi connectivity index (χ1) is 12.8. The van der Waals surface area contributed by atoms with Crippen molar-refractivity contribution < 1.29 is 25.0 Å². The van der Waals surface area contributed by atoms with Crippen LogP contribution in [0.4, 0.5) is 0 Å². The van der Waals surface area contributed by atoms with Crippen LogP contribution in [-0.4, -0.2) is 45.5 Å². The molecule has 0 fully saturated rings. The number of nitrogens with one attached hydrogen (secondary N) is 2. The second-order valence-corrected chi connectivity index (χ2v) is 7.69. The van der Waals surface area contributed by atoms with E-state index in [2.05, 4.69) is 12.2 Å². The largest absolute Gasteiger partial charge is 0.391 e. The van der Waals surface area contributed by atoms with Crippen LogP contribution in [0.2, 0.25) is 0 Å². The van der Waals surface area contributed by atoms with E-state index in [0.717, 1.165) is 19.3 Å². The molecule has 0 bridgehead atoms. The Kier molecular flexibility index (Phi) is 14.2. The van der Waals surface area contributed by atoms with Crippen LogP contribution in [0, 0.1) is 11.8 Å². The second kappa shape index (κ2) is 14.8. The predicted molar refractivity (Wildman–Crippen MR) is 105 cm³/mol. The zero-order chi connectivity index (χ0) is 20.8. The molecule has 0 aliphatic rings. The zero-order valence-electron chi connectivity index (χ0n) is 17.4. The molecule has 0 heterocycles. The highest BCUT2D eigenvalue weighted by Gasteiger charge is 2.34. The average Bonchev–Trinajstić information content (AvgIpc) is 2.66. The molecule has 7 nitrogen and oxygen atoms in total. The third kappa shape index (κ3) is 10.1. The molecule has 0 radical (unpaired) electrons. The first-order valence-corrected chi connectivity index (χ1v) is 10.4. The summed E-state index contributed by atoms with van der Waals surface area (Å²) in [4.78, 5) is 24.3. The van der Waals surface area contributed by atoms with Gasteiger partial charge in [-0.2, -0.15) is 0 Å². The van der Waals surface area contributed by atoms with Crippen LogP contribution < -0.4 is 10.8 Å². The number of amides is 2. The van der Waals surface area contributed by atoms with Crippen LogP contribution in [0.3, 0.4) is 0 Å². The number of carbonyl (C=O) groups excluding carboxylic acids is 2. The van der Waals surface area contributed by atoms with E-state index in [1.165, 1.54) is 24.7 Å². The summed E-state index contributed by atoms with van der Waals surface area (Å²) >= 11 is 0. The van der Waals surface area contributed by atoms with Gasteiger partial charge in [0.15, 0.2) is 0 Å². The SMILES string of the molecule is CCCCCCCCC[C@@H](C(=O)N[C@@H](C(C)C)[C@H](O)CC)[C@H](O)C(=O)NO. The maximum atomic E-state index is 12.7. The Hall–Kier alpha value is -1.18. The Morgan fingerprint density at radius 1 is 0.889 bits per heavy atom. The van der Waals surface area contributed by atoms with Crippen LogP contribution in [-0.2, 0) is 9.59 Å². The standard InChI is InChI=1S/C20H40N2O5/c1-5-7-8-9-10-11-12-13-15(18(24)20(26)22-27)19(25)21-17(14(3)4)16(23)6-2/h14-18,23-24,27H,5-13H2,1-4H3,(H,21,25)(H,22,26)/t15-,16-,17+,18+/m1/s1. The van der Waals surface area contributed by atoms with Crippen molar-refractivity contribution in [3.63, 3.8) is 0 Å². The third-order valence-electron chi connectivity index (χ3n) is 5.08. The summed E-state index contributed by atoms with van der Waals surface area (Å²) in [6.45, 7) is 7.78. The molecule has 0 aromatic heterocycles. The van der Waals surface area contributed by atoms with Gasteiger partial charge in [-0.15, -0.1) is 0 Å². The summed E-state index contributed by atoms with van der Waals surface area (Å²) in [5.74, 6) is -2.41. The van der Waals surface area contributed by atoms with Gasteiger partial charge in [0.1, 0.15) is 6.10 Å². The maximum Gasteiger partial charge on any atom is 0.272 e. The van der Waals surface area contributed by atoms with E-state index in [-0.39, 0.29) is 5.92 Å². The Morgan fingerprint density at radius 2 is 1.44 bits per heavy atom. The van der Waals surface area contributed by atoms with E-state index in [1.807, 2.05) is 20.8 Å². The van der Waals surface area contributed by atoms with Crippen molar-refractivity contribution >= 4 is 11.8 Å². The number of aliphatic hydroxyl groups excluding tert-OH is 2. The summed E-state index contributed by atoms with van der Waals surface area (Å²) in [6, 6.07) is -0.455. The van der Waals surface area contributed by atoms with Gasteiger partial charge in [-0.25, -0.2) is 5.48 Å². The predicted octanol–water partition coefficient (Wildman–Crippen LogP) is 2.52. The van der Waals surface area contributed by atoms with E-state index in [4.69, 9.17) is 5.21 Å². The van der Waals surface area contributed by atoms with Crippen molar-refractivity contribution in [2.45, 2.75) is 104 Å². The molecule has 4 atom stereocenters. The third-order valence-corrected chi connectivity index (χ3v) is 5.08. The van der Waals surface area contributed by atoms with Crippen molar-refractivity contribution in [1.82, 2.24) is 10.8 Å². The van der Waals surface area contributed by atoms with Gasteiger partial charge in [0.2, 0.25) is 5.91 Å². The monoisotopic (exact) mass is 388 g/mol. The highest BCUT2D eigenvalue weighted by Crippen LogP contribution is 2.19. The van der Waals surface area contributed by atoms with Crippen molar-refractivity contribution in [2.75, 3.05) is 0 Å². The molecule has 0 aromatic carbocycles. The number of hydrogen-bond donors (Lipinski definition) is 5. The minimum atomic E-state index is -1.62. The van der Waals surface area contributed by atoms with Crippen LogP contribution in [0.5, 0.6) is 0 Å². The quantitative estimate of drug-likeness (QED) is 0.168. The molecule has 160 valence electrons. The molecular formula is C20H40N2O5. The van der Waals surface area contributed by atoms with E-state index < -0.39 is 36.0 Å². The van der Waals surface area contributed by atoms with Gasteiger partial charge < -0.3 is 15.5 Å². The van der Waals surface area contributed by atoms with Crippen molar-refractivity contribution in [3.05, 3.63) is 0 Å². The highest BCUT2D eigenvalue weighted by atomic mass is 16.5. The molecule has 0 spiro atoms. The minimum Gasteiger partial charge on any atom is -0.391 e. The maximum absolute atomic E-state index is 12.7. The fourth-order valence-electron chi connectivity index (χ4n) is 3.23. The van der Waals surface area contributed by atoms with Crippen molar-refractivity contribution in [1.29, 1.82) is 0 Å². The lowest BCUT2D eigenvalue weighted by atomic mass is 9.91. The van der Waals surface area contributed by atoms with Gasteiger partial charge >= 0.3 is 0 Å². The Bertz CT molecular complexity index is 417. The van der Waals surface area contributed by atoms with E-state index in [9.17, 15) is 19.8 Å². The Labute approximate surface area is 163 Å². The van der Waals surface area contributed by atoms with Gasteiger partial charge in [0, 0.05) is 0 Å². The van der Waals surface area contributed by atoms with E-state index in [0.29, 0.717) is 19.3 Å². The average molecular weight is 389 g/mol. The van der Waals surface area contributed by atoms with Crippen LogP contribution in [0.1, 0.15) is 85.5 Å². The summed E-state index contributed by atoms with van der Waals surface area (Å²) < 4.78 is 0. The van der Waals surface area contributed by atoms with Crippen molar-refractivity contribution in [2.24, 2.45) is 11.8 Å². The molecule has 0 aromatic rings. The molecule has 5 N–H and O–H groups in total. The van der Waals surface area contributed by atoms with Gasteiger partial charge in [0.25, 0.3) is 5.91 Å². The number of unbranched alkanes of at least 4 members (excludes halogenated alkanes) is 6. The first-order valence-electron chi connectivity index (χ1n) is 10.4. The molecular weight excluding hydrogens is 348 g/mol. The van der Waals surface area contributed by atoms with Gasteiger partial charge in [-0.3, -0.25) is 14.8 Å². The smallest absolute Gasteiger partial charge is 0.272 e. The second-order valence-electron chi connectivity index (χ2n) is 7.69. The highest BCUT2D eigenvalue weighted by molar-refractivity contribution is 5.88. The molecule has 0 rings (SSSR count). The fraction of sp³-hybridized carbons (Fsp3) is 0.900. The van der Waals surface area contributed by atoms with Gasteiger partial charge in [-0.1, -0.05) is 72.6 Å². The normalized spacial score (nSPS) is 15.9. The lowest BCUT2D eigenvalue weighted by Crippen LogP contribution is -2.52. The number of carbonyl (C=O) groups is 2. The molecule has 2 amide bonds. The minimum absolute atomic E-state index is 0.00641. The molecule has 27 heavy (non-hydrogen) atoms. The first kappa shape index (κ1) is 25.8. The topological polar surface area (TPSA) is 119 Å². The molecule has 0 aliphatic heterocycles. The summed E-state index contributed by atoms with van der Waals surface area (Å²) in [6.07, 6.45) is 5.95. The lowest BCUT2D eigenvalue weighted by Gasteiger charge is -2.30. The molecule has 7 heteroatoms. The van der Waals surface area contributed by atoms with Crippen molar-refractivity contribution in [3.8, 4) is 0 Å². The Balaban J connectivity index is 4.82. The summed E-state index contributed by atoms with van der Waals surface area (Å²) in [5, 5.41) is 31.9. The van der Waals surface area contributed by atoms with Crippen LogP contribution in [0.25, 0.3) is 0 Å². The van der Waals surface area contributed by atoms with Gasteiger partial charge in [-0.05, 0) is 18.8 Å². The van der Waals surface area contributed by atoms with E-state index >= 15 is 0 Å². The molecule has 0 unspecified atom stereocenters. The number of rotatable bonds is 15. The number of aliphatic hydroxyl groups is 2. The number of hydroxylamine groups is 1. The van der Waals surface area contributed by atoms with E-state index in [1.54, 1.807) is 0 Å². The molecule has 0 saturated heterocycles. The zero-order valence-corrected chi connectivity index (χ0v) is 17.4. The lowest BCUT2D eigenvalue weighted by molar-refractivity contribution is -0.147. The summed E-state index contributed by atoms with van der Waals surface area (Å²) in [5.41, 5.74) is 1.42. The summed E-state index contributed by atoms with van der Waals surface area (Å²) in [7, 11) is 0.